The van der Waals surface area contributed by atoms with Crippen LogP contribution in [0.2, 0.25) is 0 Å². The Bertz CT molecular complexity index is 304. The summed E-state index contributed by atoms with van der Waals surface area (Å²) in [6, 6.07) is 0. The Kier molecular flexibility index (Phi) is 9.03. The van der Waals surface area contributed by atoms with E-state index in [1.807, 2.05) is 0 Å². The minimum atomic E-state index is 0. The van der Waals surface area contributed by atoms with E-state index >= 15 is 0 Å². The van der Waals surface area contributed by atoms with Gasteiger partial charge in [-0.1, -0.05) is 61.4 Å². The molecule has 0 nitrogen and oxygen atoms in total. The molecule has 0 aromatic carbocycles. The summed E-state index contributed by atoms with van der Waals surface area (Å²) in [6.45, 7) is 4.65. The van der Waals surface area contributed by atoms with Crippen LogP contribution in [0.1, 0.15) is 26.7 Å². The van der Waals surface area contributed by atoms with E-state index in [4.69, 9.17) is 0 Å². The molecule has 0 atom stereocenters. The zero-order chi connectivity index (χ0) is 9.31. The first kappa shape index (κ1) is 18.8. The van der Waals surface area contributed by atoms with Gasteiger partial charge in [0.25, 0.3) is 0 Å². The third kappa shape index (κ3) is 3.72. The van der Waals surface area contributed by atoms with Gasteiger partial charge < -0.3 is 0 Å². The molecule has 3 heteroatoms. The van der Waals surface area contributed by atoms with E-state index in [0.29, 0.717) is 0 Å². The molecule has 0 aliphatic heterocycles. The molecular formula is C13H18Cl2Zr. The summed E-state index contributed by atoms with van der Waals surface area (Å²) in [5.41, 5.74) is 3.34. The van der Waals surface area contributed by atoms with Crippen LogP contribution in [0.15, 0.2) is 47.6 Å². The minimum Gasteiger partial charge on any atom is -0.147 e. The topological polar surface area (TPSA) is 0 Å². The van der Waals surface area contributed by atoms with Crippen LogP contribution in [0.4, 0.5) is 0 Å². The van der Waals surface area contributed by atoms with Crippen molar-refractivity contribution in [2.24, 2.45) is 5.41 Å². The van der Waals surface area contributed by atoms with Gasteiger partial charge in [0.15, 0.2) is 0 Å². The Morgan fingerprint density at radius 2 is 1.25 bits per heavy atom. The zero-order valence-electron chi connectivity index (χ0n) is 9.69. The van der Waals surface area contributed by atoms with Crippen LogP contribution in [0.3, 0.4) is 0 Å². The first-order chi connectivity index (χ1) is 6.21. The van der Waals surface area contributed by atoms with Crippen molar-refractivity contribution in [3.05, 3.63) is 47.6 Å². The number of rotatable bonds is 2. The third-order valence-corrected chi connectivity index (χ3v) is 3.15. The minimum absolute atomic E-state index is 0. The second-order valence-corrected chi connectivity index (χ2v) is 4.27. The van der Waals surface area contributed by atoms with Crippen molar-refractivity contribution in [1.29, 1.82) is 0 Å². The fraction of sp³-hybridized carbons (Fsp3) is 0.385. The summed E-state index contributed by atoms with van der Waals surface area (Å²) in [5.74, 6) is 0. The first-order valence-corrected chi connectivity index (χ1v) is 4.93. The summed E-state index contributed by atoms with van der Waals surface area (Å²) in [5, 5.41) is 0. The summed E-state index contributed by atoms with van der Waals surface area (Å²) in [7, 11) is 0. The Morgan fingerprint density at radius 1 is 0.875 bits per heavy atom. The molecule has 88 valence electrons. The van der Waals surface area contributed by atoms with Gasteiger partial charge >= 0.3 is 0 Å². The molecule has 0 bridgehead atoms. The molecule has 0 radical (unpaired) electrons. The van der Waals surface area contributed by atoms with Gasteiger partial charge in [-0.3, -0.25) is 0 Å². The monoisotopic (exact) mass is 334 g/mol. The molecular weight excluding hydrogens is 318 g/mol. The molecule has 0 heterocycles. The third-order valence-electron chi connectivity index (χ3n) is 3.15. The van der Waals surface area contributed by atoms with Gasteiger partial charge in [0.1, 0.15) is 0 Å². The van der Waals surface area contributed by atoms with Gasteiger partial charge in [-0.15, -0.1) is 24.8 Å². The number of hydrogen-bond donors (Lipinski definition) is 0. The van der Waals surface area contributed by atoms with Crippen LogP contribution in [0, 0.1) is 5.41 Å². The van der Waals surface area contributed by atoms with Crippen LogP contribution < -0.4 is 0 Å². The van der Waals surface area contributed by atoms with Gasteiger partial charge in [0.2, 0.25) is 0 Å². The summed E-state index contributed by atoms with van der Waals surface area (Å²) < 4.78 is 0. The van der Waals surface area contributed by atoms with Crippen molar-refractivity contribution in [3.8, 4) is 0 Å². The van der Waals surface area contributed by atoms with Crippen molar-refractivity contribution in [1.82, 2.24) is 0 Å². The quantitative estimate of drug-likeness (QED) is 0.690. The van der Waals surface area contributed by atoms with E-state index in [9.17, 15) is 0 Å². The van der Waals surface area contributed by atoms with E-state index in [0.717, 1.165) is 12.8 Å². The van der Waals surface area contributed by atoms with Gasteiger partial charge in [-0.2, -0.15) is 0 Å². The SMILES string of the molecule is CC(C)(C1=CC=CC1)C1=CC=CC1.Cl.Cl.[Zr]. The largest absolute Gasteiger partial charge is 0.147 e. The fourth-order valence-electron chi connectivity index (χ4n) is 2.03. The fourth-order valence-corrected chi connectivity index (χ4v) is 2.03. The average molecular weight is 336 g/mol. The van der Waals surface area contributed by atoms with E-state index in [1.165, 1.54) is 0 Å². The second kappa shape index (κ2) is 7.69. The van der Waals surface area contributed by atoms with E-state index in [1.54, 1.807) is 11.1 Å². The molecule has 0 unspecified atom stereocenters. The van der Waals surface area contributed by atoms with Crippen molar-refractivity contribution in [2.45, 2.75) is 26.7 Å². The standard InChI is InChI=1S/C13H16.2ClH.Zr/c1-13(2,11-7-3-4-8-11)12-9-5-6-10-12;;;/h3-7,9H,8,10H2,1-2H3;2*1H;. The molecule has 0 amide bonds. The molecule has 0 aromatic rings. The van der Waals surface area contributed by atoms with Crippen molar-refractivity contribution in [2.75, 3.05) is 0 Å². The maximum Gasteiger partial charge on any atom is 0.00764 e. The van der Waals surface area contributed by atoms with Crippen molar-refractivity contribution < 1.29 is 26.2 Å². The summed E-state index contributed by atoms with van der Waals surface area (Å²) >= 11 is 0. The van der Waals surface area contributed by atoms with Gasteiger partial charge in [-0.25, -0.2) is 0 Å². The Hall–Kier alpha value is 0.423. The Morgan fingerprint density at radius 3 is 1.50 bits per heavy atom. The maximum atomic E-state index is 2.32. The number of hydrogen-bond acceptors (Lipinski definition) is 0. The number of allylic oxidation sites excluding steroid dienone is 8. The van der Waals surface area contributed by atoms with Crippen LogP contribution in [0.25, 0.3) is 0 Å². The van der Waals surface area contributed by atoms with Gasteiger partial charge in [0, 0.05) is 31.6 Å². The zero-order valence-corrected chi connectivity index (χ0v) is 13.8. The molecule has 2 aliphatic carbocycles. The molecule has 2 rings (SSSR count). The molecule has 0 saturated heterocycles. The van der Waals surface area contributed by atoms with Crippen LogP contribution in [0.5, 0.6) is 0 Å². The Balaban J connectivity index is 0. The first-order valence-electron chi connectivity index (χ1n) is 4.93. The average Bonchev–Trinajstić information content (AvgIpc) is 2.78. The number of halogens is 2. The van der Waals surface area contributed by atoms with Gasteiger partial charge in [0.05, 0.1) is 0 Å². The second-order valence-electron chi connectivity index (χ2n) is 4.27. The van der Waals surface area contributed by atoms with E-state index in [2.05, 4.69) is 50.3 Å². The predicted molar refractivity (Wildman–Crippen MR) is 72.0 cm³/mol. The van der Waals surface area contributed by atoms with E-state index < -0.39 is 0 Å². The van der Waals surface area contributed by atoms with E-state index in [-0.39, 0.29) is 56.4 Å². The van der Waals surface area contributed by atoms with Crippen molar-refractivity contribution in [3.63, 3.8) is 0 Å². The molecule has 16 heavy (non-hydrogen) atoms. The van der Waals surface area contributed by atoms with Crippen LogP contribution >= 0.6 is 24.8 Å². The molecule has 0 spiro atoms. The summed E-state index contributed by atoms with van der Waals surface area (Å²) in [6.07, 6.45) is 15.6. The smallest absolute Gasteiger partial charge is 0.00764 e. The summed E-state index contributed by atoms with van der Waals surface area (Å²) in [4.78, 5) is 0. The normalized spacial score (nSPS) is 16.9. The Labute approximate surface area is 130 Å². The molecule has 0 fully saturated rings. The van der Waals surface area contributed by atoms with Crippen molar-refractivity contribution >= 4 is 24.8 Å². The van der Waals surface area contributed by atoms with Crippen LogP contribution in [-0.4, -0.2) is 0 Å². The molecule has 0 aromatic heterocycles. The molecule has 2 aliphatic rings. The predicted octanol–water partition coefficient (Wildman–Crippen LogP) is 4.63. The van der Waals surface area contributed by atoms with Crippen LogP contribution in [-0.2, 0) is 26.2 Å². The maximum absolute atomic E-state index is 2.32. The van der Waals surface area contributed by atoms with Gasteiger partial charge in [-0.05, 0) is 12.8 Å². The molecule has 0 N–H and O–H groups in total. The molecule has 0 saturated carbocycles.